The highest BCUT2D eigenvalue weighted by molar-refractivity contribution is 7.84. The maximum Gasteiger partial charge on any atom is 0.328 e. The second-order valence-corrected chi connectivity index (χ2v) is 4.60. The van der Waals surface area contributed by atoms with Crippen LogP contribution in [0.4, 0.5) is 0 Å². The van der Waals surface area contributed by atoms with Crippen LogP contribution in [-0.4, -0.2) is 25.8 Å². The van der Waals surface area contributed by atoms with Gasteiger partial charge in [0.2, 0.25) is 0 Å². The molecule has 0 spiro atoms. The predicted molar refractivity (Wildman–Crippen MR) is 55.0 cm³/mol. The quantitative estimate of drug-likeness (QED) is 0.720. The van der Waals surface area contributed by atoms with Gasteiger partial charge in [0.05, 0.1) is 0 Å². The van der Waals surface area contributed by atoms with Crippen molar-refractivity contribution < 1.29 is 4.21 Å². The number of hydrogen-bond acceptors (Lipinski definition) is 3. The van der Waals surface area contributed by atoms with Gasteiger partial charge in [-0.2, -0.15) is 0 Å². The Balaban J connectivity index is 2.99. The monoisotopic (exact) mass is 216 g/mol. The fourth-order valence-corrected chi connectivity index (χ4v) is 1.47. The molecule has 0 aliphatic carbocycles. The van der Waals surface area contributed by atoms with E-state index in [2.05, 4.69) is 4.98 Å². The van der Waals surface area contributed by atoms with Crippen LogP contribution in [0.25, 0.3) is 0 Å². The third-order valence-electron chi connectivity index (χ3n) is 1.81. The lowest BCUT2D eigenvalue weighted by atomic mass is 10.4. The normalized spacial score (nSPS) is 12.7. The second kappa shape index (κ2) is 4.36. The summed E-state index contributed by atoms with van der Waals surface area (Å²) in [4.78, 5) is 24.4. The summed E-state index contributed by atoms with van der Waals surface area (Å²) < 4.78 is 12.2. The molecule has 1 unspecified atom stereocenters. The summed E-state index contributed by atoms with van der Waals surface area (Å²) in [7, 11) is -0.938. The Bertz CT molecular complexity index is 460. The standard InChI is InChI=1S/C8H12N2O3S/c1-6-5-10(3-4-14(2)13)8(12)9-7(6)11/h5H,3-4H2,1-2H3,(H,9,11,12). The summed E-state index contributed by atoms with van der Waals surface area (Å²) in [6.07, 6.45) is 3.05. The first-order chi connectivity index (χ1) is 6.50. The largest absolute Gasteiger partial charge is 0.328 e. The van der Waals surface area contributed by atoms with Crippen molar-refractivity contribution in [3.05, 3.63) is 32.6 Å². The summed E-state index contributed by atoms with van der Waals surface area (Å²) >= 11 is 0. The Kier molecular flexibility index (Phi) is 3.40. The minimum Gasteiger partial charge on any atom is -0.299 e. The summed E-state index contributed by atoms with van der Waals surface area (Å²) in [5.41, 5.74) is -0.346. The molecule has 1 heterocycles. The molecule has 0 aliphatic heterocycles. The molecule has 1 aromatic rings. The maximum absolute atomic E-state index is 11.2. The van der Waals surface area contributed by atoms with E-state index < -0.39 is 16.5 Å². The van der Waals surface area contributed by atoms with Crippen molar-refractivity contribution in [2.24, 2.45) is 0 Å². The van der Waals surface area contributed by atoms with E-state index in [9.17, 15) is 13.8 Å². The van der Waals surface area contributed by atoms with Gasteiger partial charge in [-0.1, -0.05) is 0 Å². The Morgan fingerprint density at radius 3 is 2.71 bits per heavy atom. The van der Waals surface area contributed by atoms with Crippen LogP contribution in [0, 0.1) is 6.92 Å². The van der Waals surface area contributed by atoms with Crippen molar-refractivity contribution >= 4 is 10.8 Å². The molecule has 1 aromatic heterocycles. The van der Waals surface area contributed by atoms with Crippen LogP contribution in [-0.2, 0) is 17.3 Å². The number of nitrogens with zero attached hydrogens (tertiary/aromatic N) is 1. The molecule has 0 fully saturated rings. The third kappa shape index (κ3) is 2.66. The van der Waals surface area contributed by atoms with Crippen molar-refractivity contribution in [2.45, 2.75) is 13.5 Å². The van der Waals surface area contributed by atoms with Gasteiger partial charge in [-0.25, -0.2) is 4.79 Å². The van der Waals surface area contributed by atoms with Gasteiger partial charge in [0.1, 0.15) is 0 Å². The number of aryl methyl sites for hydroxylation is 2. The molecular weight excluding hydrogens is 204 g/mol. The minimum atomic E-state index is -0.938. The molecule has 0 aromatic carbocycles. The van der Waals surface area contributed by atoms with Gasteiger partial charge in [0.15, 0.2) is 0 Å². The summed E-state index contributed by atoms with van der Waals surface area (Å²) in [6, 6.07) is 0. The predicted octanol–water partition coefficient (Wildman–Crippen LogP) is -0.776. The first kappa shape index (κ1) is 10.9. The van der Waals surface area contributed by atoms with Crippen LogP contribution in [0.3, 0.4) is 0 Å². The molecule has 5 nitrogen and oxygen atoms in total. The molecule has 6 heteroatoms. The van der Waals surface area contributed by atoms with Gasteiger partial charge in [-0.15, -0.1) is 0 Å². The van der Waals surface area contributed by atoms with E-state index in [1.165, 1.54) is 10.8 Å². The molecule has 0 saturated heterocycles. The SMILES string of the molecule is Cc1cn(CCS(C)=O)c(=O)[nH]c1=O. The molecule has 1 atom stereocenters. The number of nitrogens with one attached hydrogen (secondary N) is 1. The van der Waals surface area contributed by atoms with Gasteiger partial charge in [-0.3, -0.25) is 18.6 Å². The molecule has 0 radical (unpaired) electrons. The number of aromatic amines is 1. The topological polar surface area (TPSA) is 71.9 Å². The summed E-state index contributed by atoms with van der Waals surface area (Å²) in [6.45, 7) is 1.98. The van der Waals surface area contributed by atoms with Gasteiger partial charge in [0.25, 0.3) is 5.56 Å². The van der Waals surface area contributed by atoms with Crippen molar-refractivity contribution in [1.29, 1.82) is 0 Å². The maximum atomic E-state index is 11.2. The smallest absolute Gasteiger partial charge is 0.299 e. The molecule has 1 rings (SSSR count). The Morgan fingerprint density at radius 1 is 1.50 bits per heavy atom. The summed E-state index contributed by atoms with van der Waals surface area (Å²) in [5.74, 6) is 0.408. The van der Waals surface area contributed by atoms with Crippen molar-refractivity contribution in [2.75, 3.05) is 12.0 Å². The van der Waals surface area contributed by atoms with E-state index >= 15 is 0 Å². The van der Waals surface area contributed by atoms with Gasteiger partial charge < -0.3 is 0 Å². The van der Waals surface area contributed by atoms with E-state index in [1.54, 1.807) is 13.2 Å². The molecule has 0 amide bonds. The van der Waals surface area contributed by atoms with Gasteiger partial charge in [-0.05, 0) is 6.92 Å². The zero-order chi connectivity index (χ0) is 10.7. The van der Waals surface area contributed by atoms with E-state index in [-0.39, 0.29) is 5.56 Å². The molecular formula is C8H12N2O3S. The van der Waals surface area contributed by atoms with Crippen LogP contribution in [0.5, 0.6) is 0 Å². The lowest BCUT2D eigenvalue weighted by Crippen LogP contribution is -2.31. The van der Waals surface area contributed by atoms with Gasteiger partial charge >= 0.3 is 5.69 Å². The molecule has 0 bridgehead atoms. The average Bonchev–Trinajstić information content (AvgIpc) is 2.09. The molecule has 1 N–H and O–H groups in total. The zero-order valence-corrected chi connectivity index (χ0v) is 8.89. The highest BCUT2D eigenvalue weighted by Crippen LogP contribution is 1.85. The van der Waals surface area contributed by atoms with Crippen molar-refractivity contribution in [1.82, 2.24) is 9.55 Å². The van der Waals surface area contributed by atoms with Crippen LogP contribution in [0.1, 0.15) is 5.56 Å². The highest BCUT2D eigenvalue weighted by Gasteiger charge is 2.00. The first-order valence-corrected chi connectivity index (χ1v) is 5.84. The minimum absolute atomic E-state index is 0.361. The second-order valence-electron chi connectivity index (χ2n) is 3.04. The lowest BCUT2D eigenvalue weighted by Gasteiger charge is -2.03. The zero-order valence-electron chi connectivity index (χ0n) is 8.07. The molecule has 0 saturated carbocycles. The van der Waals surface area contributed by atoms with Crippen molar-refractivity contribution in [3.63, 3.8) is 0 Å². The van der Waals surface area contributed by atoms with E-state index in [1.807, 2.05) is 0 Å². The fraction of sp³-hybridized carbons (Fsp3) is 0.500. The first-order valence-electron chi connectivity index (χ1n) is 4.11. The number of rotatable bonds is 3. The molecule has 14 heavy (non-hydrogen) atoms. The Labute approximate surface area is 83.2 Å². The van der Waals surface area contributed by atoms with E-state index in [4.69, 9.17) is 0 Å². The number of hydrogen-bond donors (Lipinski definition) is 1. The van der Waals surface area contributed by atoms with Crippen LogP contribution >= 0.6 is 0 Å². The Morgan fingerprint density at radius 2 is 2.14 bits per heavy atom. The fourth-order valence-electron chi connectivity index (χ4n) is 1.01. The van der Waals surface area contributed by atoms with Crippen LogP contribution < -0.4 is 11.2 Å². The average molecular weight is 216 g/mol. The van der Waals surface area contributed by atoms with E-state index in [0.29, 0.717) is 17.9 Å². The Hall–Kier alpha value is -1.17. The van der Waals surface area contributed by atoms with E-state index in [0.717, 1.165) is 0 Å². The molecule has 78 valence electrons. The van der Waals surface area contributed by atoms with Crippen molar-refractivity contribution in [3.8, 4) is 0 Å². The molecule has 0 aliphatic rings. The third-order valence-corrected chi connectivity index (χ3v) is 2.57. The summed E-state index contributed by atoms with van der Waals surface area (Å²) in [5, 5.41) is 0. The highest BCUT2D eigenvalue weighted by atomic mass is 32.2. The van der Waals surface area contributed by atoms with Crippen LogP contribution in [0.15, 0.2) is 15.8 Å². The van der Waals surface area contributed by atoms with Gasteiger partial charge in [0, 0.05) is 41.1 Å². The number of H-pyrrole nitrogens is 1. The lowest BCUT2D eigenvalue weighted by molar-refractivity contribution is 0.662. The van der Waals surface area contributed by atoms with Crippen LogP contribution in [0.2, 0.25) is 0 Å². The number of aromatic nitrogens is 2.